The third-order valence-corrected chi connectivity index (χ3v) is 4.85. The number of aryl methyl sites for hydroxylation is 2. The van der Waals surface area contributed by atoms with E-state index in [9.17, 15) is 0 Å². The summed E-state index contributed by atoms with van der Waals surface area (Å²) in [6, 6.07) is 5.09. The van der Waals surface area contributed by atoms with E-state index in [0.29, 0.717) is 6.04 Å². The van der Waals surface area contributed by atoms with Crippen molar-refractivity contribution in [2.75, 3.05) is 5.32 Å². The molecule has 19 heavy (non-hydrogen) atoms. The highest BCUT2D eigenvalue weighted by atomic mass is 79.9. The number of hydrogen-bond donors (Lipinski definition) is 1. The van der Waals surface area contributed by atoms with Gasteiger partial charge in [-0.05, 0) is 68.7 Å². The number of nitrogens with one attached hydrogen (secondary N) is 1. The molecule has 0 atom stereocenters. The average molecular weight is 324 g/mol. The number of anilines is 1. The predicted molar refractivity (Wildman–Crippen MR) is 87.9 cm³/mol. The van der Waals surface area contributed by atoms with Crippen LogP contribution in [0.2, 0.25) is 0 Å². The highest BCUT2D eigenvalue weighted by molar-refractivity contribution is 9.10. The molecule has 1 nitrogen and oxygen atoms in total. The molecule has 106 valence electrons. The molecule has 1 fully saturated rings. The van der Waals surface area contributed by atoms with Crippen molar-refractivity contribution in [3.05, 3.63) is 27.7 Å². The largest absolute Gasteiger partial charge is 0.382 e. The first-order valence-electron chi connectivity index (χ1n) is 7.63. The topological polar surface area (TPSA) is 12.0 Å². The average Bonchev–Trinajstić information content (AvgIpc) is 2.36. The Hall–Kier alpha value is -0.500. The highest BCUT2D eigenvalue weighted by Gasteiger charge is 2.21. The van der Waals surface area contributed by atoms with Gasteiger partial charge in [-0.1, -0.05) is 35.7 Å². The molecule has 1 aromatic carbocycles. The summed E-state index contributed by atoms with van der Waals surface area (Å²) in [4.78, 5) is 0. The summed E-state index contributed by atoms with van der Waals surface area (Å²) in [7, 11) is 0. The third-order valence-electron chi connectivity index (χ3n) is 4.39. The van der Waals surface area contributed by atoms with Crippen LogP contribution in [0.3, 0.4) is 0 Å². The molecule has 1 N–H and O–H groups in total. The SMILES string of the molecule is CCCC1CCC(Nc2c(C)cc(Br)cc2C)CC1. The van der Waals surface area contributed by atoms with Gasteiger partial charge in [0.15, 0.2) is 0 Å². The van der Waals surface area contributed by atoms with Gasteiger partial charge < -0.3 is 5.32 Å². The number of benzene rings is 1. The van der Waals surface area contributed by atoms with Gasteiger partial charge in [0.1, 0.15) is 0 Å². The first kappa shape index (κ1) is 14.9. The number of halogens is 1. The zero-order valence-corrected chi connectivity index (χ0v) is 14.0. The fourth-order valence-corrected chi connectivity index (χ4v) is 4.03. The van der Waals surface area contributed by atoms with Gasteiger partial charge in [0.25, 0.3) is 0 Å². The van der Waals surface area contributed by atoms with Crippen molar-refractivity contribution < 1.29 is 0 Å². The molecule has 0 saturated heterocycles. The van der Waals surface area contributed by atoms with Crippen molar-refractivity contribution in [1.29, 1.82) is 0 Å². The van der Waals surface area contributed by atoms with Crippen LogP contribution in [0.1, 0.15) is 56.6 Å². The smallest absolute Gasteiger partial charge is 0.0402 e. The highest BCUT2D eigenvalue weighted by Crippen LogP contribution is 2.32. The summed E-state index contributed by atoms with van der Waals surface area (Å²) in [6.45, 7) is 6.70. The number of hydrogen-bond acceptors (Lipinski definition) is 1. The maximum atomic E-state index is 3.79. The summed E-state index contributed by atoms with van der Waals surface area (Å²) in [5.41, 5.74) is 4.05. The Morgan fingerprint density at radius 3 is 2.21 bits per heavy atom. The summed E-state index contributed by atoms with van der Waals surface area (Å²) in [5.74, 6) is 0.982. The molecule has 0 spiro atoms. The van der Waals surface area contributed by atoms with E-state index in [1.54, 1.807) is 0 Å². The quantitative estimate of drug-likeness (QED) is 0.734. The van der Waals surface area contributed by atoms with Crippen LogP contribution in [-0.4, -0.2) is 6.04 Å². The predicted octanol–water partition coefficient (Wildman–Crippen LogP) is 5.84. The van der Waals surface area contributed by atoms with Crippen molar-refractivity contribution in [2.24, 2.45) is 5.92 Å². The van der Waals surface area contributed by atoms with Gasteiger partial charge in [-0.3, -0.25) is 0 Å². The molecule has 0 amide bonds. The Labute approximate surface area is 126 Å². The van der Waals surface area contributed by atoms with E-state index in [4.69, 9.17) is 0 Å². The molecule has 0 aromatic heterocycles. The standard InChI is InChI=1S/C17H26BrN/c1-4-5-14-6-8-16(9-7-14)19-17-12(2)10-15(18)11-13(17)3/h10-11,14,16,19H,4-9H2,1-3H3. The van der Waals surface area contributed by atoms with Crippen molar-refractivity contribution >= 4 is 21.6 Å². The molecule has 0 radical (unpaired) electrons. The molecule has 1 saturated carbocycles. The molecule has 0 heterocycles. The van der Waals surface area contributed by atoms with E-state index in [0.717, 1.165) is 5.92 Å². The Morgan fingerprint density at radius 2 is 1.68 bits per heavy atom. The van der Waals surface area contributed by atoms with Crippen LogP contribution in [-0.2, 0) is 0 Å². The maximum Gasteiger partial charge on any atom is 0.0402 e. The van der Waals surface area contributed by atoms with E-state index >= 15 is 0 Å². The Kier molecular flexibility index (Phi) is 5.32. The summed E-state index contributed by atoms with van der Waals surface area (Å²) < 4.78 is 1.18. The Bertz CT molecular complexity index is 396. The number of rotatable bonds is 4. The molecule has 0 bridgehead atoms. The molecule has 0 aliphatic heterocycles. The molecular weight excluding hydrogens is 298 g/mol. The zero-order chi connectivity index (χ0) is 13.8. The molecule has 2 heteroatoms. The van der Waals surface area contributed by atoms with Crippen molar-refractivity contribution in [3.8, 4) is 0 Å². The van der Waals surface area contributed by atoms with Crippen LogP contribution in [0.25, 0.3) is 0 Å². The monoisotopic (exact) mass is 323 g/mol. The summed E-state index contributed by atoms with van der Waals surface area (Å²) >= 11 is 3.57. The van der Waals surface area contributed by atoms with Gasteiger partial charge in [0.2, 0.25) is 0 Å². The lowest BCUT2D eigenvalue weighted by Gasteiger charge is -2.30. The zero-order valence-electron chi connectivity index (χ0n) is 12.4. The fraction of sp³-hybridized carbons (Fsp3) is 0.647. The van der Waals surface area contributed by atoms with Gasteiger partial charge in [-0.25, -0.2) is 0 Å². The summed E-state index contributed by atoms with van der Waals surface area (Å²) in [6.07, 6.45) is 8.23. The maximum absolute atomic E-state index is 3.79. The normalized spacial score (nSPS) is 23.4. The lowest BCUT2D eigenvalue weighted by molar-refractivity contribution is 0.319. The second kappa shape index (κ2) is 6.78. The second-order valence-electron chi connectivity index (χ2n) is 6.07. The van der Waals surface area contributed by atoms with Gasteiger partial charge in [-0.15, -0.1) is 0 Å². The van der Waals surface area contributed by atoms with E-state index in [1.165, 1.54) is 59.8 Å². The minimum atomic E-state index is 0.673. The van der Waals surface area contributed by atoms with Crippen LogP contribution in [0.15, 0.2) is 16.6 Å². The minimum absolute atomic E-state index is 0.673. The van der Waals surface area contributed by atoms with E-state index in [2.05, 4.69) is 54.2 Å². The van der Waals surface area contributed by atoms with Crippen LogP contribution < -0.4 is 5.32 Å². The Balaban J connectivity index is 1.96. The first-order chi connectivity index (χ1) is 9.10. The lowest BCUT2D eigenvalue weighted by Crippen LogP contribution is -2.26. The molecular formula is C17H26BrN. The summed E-state index contributed by atoms with van der Waals surface area (Å²) in [5, 5.41) is 3.79. The lowest BCUT2D eigenvalue weighted by atomic mass is 9.83. The van der Waals surface area contributed by atoms with Gasteiger partial charge in [0, 0.05) is 16.2 Å². The van der Waals surface area contributed by atoms with Crippen molar-refractivity contribution in [3.63, 3.8) is 0 Å². The van der Waals surface area contributed by atoms with Crippen LogP contribution >= 0.6 is 15.9 Å². The fourth-order valence-electron chi connectivity index (χ4n) is 3.35. The van der Waals surface area contributed by atoms with Crippen LogP contribution in [0, 0.1) is 19.8 Å². The molecule has 1 aliphatic rings. The van der Waals surface area contributed by atoms with Gasteiger partial charge in [0.05, 0.1) is 0 Å². The van der Waals surface area contributed by atoms with E-state index in [-0.39, 0.29) is 0 Å². The van der Waals surface area contributed by atoms with Gasteiger partial charge in [-0.2, -0.15) is 0 Å². The molecule has 1 aromatic rings. The molecule has 0 unspecified atom stereocenters. The first-order valence-corrected chi connectivity index (χ1v) is 8.42. The van der Waals surface area contributed by atoms with E-state index in [1.807, 2.05) is 0 Å². The van der Waals surface area contributed by atoms with E-state index < -0.39 is 0 Å². The van der Waals surface area contributed by atoms with Crippen LogP contribution in [0.5, 0.6) is 0 Å². The second-order valence-corrected chi connectivity index (χ2v) is 6.98. The molecule has 2 rings (SSSR count). The van der Waals surface area contributed by atoms with Crippen LogP contribution in [0.4, 0.5) is 5.69 Å². The Morgan fingerprint density at radius 1 is 1.11 bits per heavy atom. The van der Waals surface area contributed by atoms with Gasteiger partial charge >= 0.3 is 0 Å². The minimum Gasteiger partial charge on any atom is -0.382 e. The van der Waals surface area contributed by atoms with Crippen molar-refractivity contribution in [1.82, 2.24) is 0 Å². The molecule has 1 aliphatic carbocycles. The third kappa shape index (κ3) is 3.98. The van der Waals surface area contributed by atoms with Crippen molar-refractivity contribution in [2.45, 2.75) is 65.3 Å².